The minimum Gasteiger partial charge on any atom is -0.453 e. The van der Waals surface area contributed by atoms with E-state index in [-0.39, 0.29) is 41.9 Å². The highest BCUT2D eigenvalue weighted by molar-refractivity contribution is 6.05. The van der Waals surface area contributed by atoms with Crippen LogP contribution in [0.2, 0.25) is 0 Å². The molecule has 2 aliphatic carbocycles. The molecule has 4 heterocycles. The van der Waals surface area contributed by atoms with Crippen molar-refractivity contribution in [3.05, 3.63) is 120 Å². The van der Waals surface area contributed by atoms with Crippen LogP contribution in [0, 0.1) is 17.8 Å². The Labute approximate surface area is 370 Å². The number of rotatable bonds is 10. The van der Waals surface area contributed by atoms with Crippen molar-refractivity contribution in [2.45, 2.75) is 82.7 Å². The number of allylic oxidation sites excluding steroid dienone is 1. The van der Waals surface area contributed by atoms with Crippen molar-refractivity contribution in [2.24, 2.45) is 17.8 Å². The summed E-state index contributed by atoms with van der Waals surface area (Å²) in [5.41, 5.74) is 7.33. The molecule has 4 amide bonds. The van der Waals surface area contributed by atoms with Crippen molar-refractivity contribution in [3.63, 3.8) is 0 Å². The molecular weight excluding hydrogens is 809 g/mol. The highest BCUT2D eigenvalue weighted by Gasteiger charge is 2.61. The SMILES string of the molecule is COC(=O)N[C@@H](C=C(C)C)C(=O)N1[C@@H]2[C@H](C)[C@@H]2C[C@H]1c1nc2c(ccc3cc(-c4ccc(-c5cnc([C@@H]6[C@H]7CC[C@H](C7)N6C(=O)[C@H](NC(=O)OC)c6ccccc6)[nH]5)cc4)ccc32)[nH]1. The maximum absolute atomic E-state index is 14.3. The number of hydrogen-bond acceptors (Lipinski definition) is 8. The second kappa shape index (κ2) is 16.3. The number of alkyl carbamates (subject to hydrolysis) is 2. The van der Waals surface area contributed by atoms with Crippen LogP contribution in [-0.4, -0.2) is 86.1 Å². The van der Waals surface area contributed by atoms with Crippen molar-refractivity contribution >= 4 is 45.8 Å². The van der Waals surface area contributed by atoms with Crippen molar-refractivity contribution < 1.29 is 28.7 Å². The summed E-state index contributed by atoms with van der Waals surface area (Å²) < 4.78 is 9.75. The highest BCUT2D eigenvalue weighted by Crippen LogP contribution is 2.58. The summed E-state index contributed by atoms with van der Waals surface area (Å²) in [6.07, 6.45) is 5.94. The van der Waals surface area contributed by atoms with Gasteiger partial charge in [-0.1, -0.05) is 91.4 Å². The Bertz CT molecular complexity index is 2810. The summed E-state index contributed by atoms with van der Waals surface area (Å²) in [5.74, 6) is 2.20. The monoisotopic (exact) mass is 860 g/mol. The summed E-state index contributed by atoms with van der Waals surface area (Å²) in [6, 6.07) is 26.2. The first-order chi connectivity index (χ1) is 31.0. The molecule has 4 N–H and O–H groups in total. The van der Waals surface area contributed by atoms with E-state index >= 15 is 0 Å². The number of likely N-dealkylation sites (tertiary alicyclic amines) is 2. The van der Waals surface area contributed by atoms with Crippen LogP contribution in [0.15, 0.2) is 103 Å². The van der Waals surface area contributed by atoms with Crippen LogP contribution in [0.3, 0.4) is 0 Å². The molecule has 14 heteroatoms. The third kappa shape index (κ3) is 7.24. The number of fused-ring (bicyclic) bond motifs is 6. The maximum atomic E-state index is 14.3. The molecule has 14 nitrogen and oxygen atoms in total. The molecule has 0 spiro atoms. The number of aromatic nitrogens is 4. The molecule has 9 atom stereocenters. The van der Waals surface area contributed by atoms with Gasteiger partial charge in [-0.2, -0.15) is 0 Å². The van der Waals surface area contributed by atoms with Crippen LogP contribution in [0.1, 0.15) is 81.8 Å². The predicted octanol–water partition coefficient (Wildman–Crippen LogP) is 8.52. The molecule has 4 fully saturated rings. The number of benzene rings is 4. The zero-order valence-electron chi connectivity index (χ0n) is 36.5. The van der Waals surface area contributed by atoms with E-state index < -0.39 is 24.3 Å². The quantitative estimate of drug-likeness (QED) is 0.0992. The van der Waals surface area contributed by atoms with Gasteiger partial charge in [-0.3, -0.25) is 9.59 Å². The molecule has 2 saturated carbocycles. The number of nitrogens with one attached hydrogen (secondary N) is 4. The molecule has 2 aliphatic heterocycles. The lowest BCUT2D eigenvalue weighted by molar-refractivity contribution is -0.138. The van der Waals surface area contributed by atoms with E-state index in [1.807, 2.05) is 60.2 Å². The third-order valence-corrected chi connectivity index (χ3v) is 14.0. The number of hydrogen-bond donors (Lipinski definition) is 4. The minimum atomic E-state index is -0.880. The zero-order valence-corrected chi connectivity index (χ0v) is 36.5. The molecule has 10 rings (SSSR count). The fraction of sp³-hybridized carbons (Fsp3) is 0.360. The van der Waals surface area contributed by atoms with Gasteiger partial charge in [-0.05, 0) is 97.1 Å². The number of aromatic amines is 2. The van der Waals surface area contributed by atoms with E-state index in [1.54, 1.807) is 6.08 Å². The number of nitrogens with zero attached hydrogens (tertiary/aromatic N) is 4. The molecule has 0 radical (unpaired) electrons. The lowest BCUT2D eigenvalue weighted by Crippen LogP contribution is -2.49. The molecule has 2 aromatic heterocycles. The second-order valence-electron chi connectivity index (χ2n) is 18.0. The molecular formula is C50H52N8O6. The van der Waals surface area contributed by atoms with Crippen molar-refractivity contribution in [3.8, 4) is 22.4 Å². The first-order valence-corrected chi connectivity index (χ1v) is 22.1. The van der Waals surface area contributed by atoms with Gasteiger partial charge in [-0.15, -0.1) is 0 Å². The summed E-state index contributed by atoms with van der Waals surface area (Å²) in [5, 5.41) is 7.57. The molecule has 2 bridgehead atoms. The fourth-order valence-electron chi connectivity index (χ4n) is 10.9. The van der Waals surface area contributed by atoms with E-state index in [2.05, 4.69) is 82.1 Å². The normalized spacial score (nSPS) is 24.0. The topological polar surface area (TPSA) is 175 Å². The van der Waals surface area contributed by atoms with E-state index in [1.165, 1.54) is 14.2 Å². The number of methoxy groups -OCH3 is 2. The van der Waals surface area contributed by atoms with Crippen LogP contribution in [-0.2, 0) is 19.1 Å². The van der Waals surface area contributed by atoms with Crippen LogP contribution < -0.4 is 10.6 Å². The Morgan fingerprint density at radius 2 is 1.53 bits per heavy atom. The van der Waals surface area contributed by atoms with Gasteiger partial charge in [0.05, 0.1) is 49.2 Å². The zero-order chi connectivity index (χ0) is 44.4. The average molecular weight is 861 g/mol. The Balaban J connectivity index is 0.877. The molecule has 6 aromatic rings. The predicted molar refractivity (Wildman–Crippen MR) is 241 cm³/mol. The van der Waals surface area contributed by atoms with Gasteiger partial charge in [0.25, 0.3) is 5.91 Å². The number of piperidine rings is 2. The number of ether oxygens (including phenoxy) is 2. The van der Waals surface area contributed by atoms with Gasteiger partial charge in [0.1, 0.15) is 23.7 Å². The van der Waals surface area contributed by atoms with Gasteiger partial charge in [-0.25, -0.2) is 19.6 Å². The number of amides is 4. The van der Waals surface area contributed by atoms with Crippen molar-refractivity contribution in [2.75, 3.05) is 14.2 Å². The van der Waals surface area contributed by atoms with E-state index in [4.69, 9.17) is 19.4 Å². The Morgan fingerprint density at radius 3 is 2.28 bits per heavy atom. The molecule has 4 aromatic carbocycles. The molecule has 328 valence electrons. The van der Waals surface area contributed by atoms with Crippen molar-refractivity contribution in [1.29, 1.82) is 0 Å². The standard InChI is InChI=1S/C50H52N8O6/c1-26(2)21-38(54-49(61)63-4)47(59)58-40(24-36-27(3)43(36)58)45-52-37-20-17-32-22-31(16-19-35(32)42(37)55-45)28-11-13-29(14-12-28)39-25-51-46(53-39)44-33-15-18-34(23-33)57(44)48(60)41(56-50(62)64-5)30-9-7-6-8-10-30/h6-14,16-17,19-22,25,27,33-34,36,38,40-41,43-44H,15,18,23-24H2,1-5H3,(H,51,53)(H,52,55)(H,54,61)(H,56,62)/t27-,33+,34-,36+,38+,40+,41-,43-,44+/m1/s1. The molecule has 0 unspecified atom stereocenters. The molecule has 2 saturated heterocycles. The Kier molecular flexibility index (Phi) is 10.5. The summed E-state index contributed by atoms with van der Waals surface area (Å²) in [6.45, 7) is 5.99. The largest absolute Gasteiger partial charge is 0.453 e. The number of carbonyl (C=O) groups excluding carboxylic acids is 4. The van der Waals surface area contributed by atoms with Gasteiger partial charge in [0.2, 0.25) is 5.91 Å². The van der Waals surface area contributed by atoms with Crippen molar-refractivity contribution in [1.82, 2.24) is 40.4 Å². The average Bonchev–Trinajstić information content (AvgIpc) is 4.04. The van der Waals surface area contributed by atoms with Crippen LogP contribution in [0.4, 0.5) is 9.59 Å². The Morgan fingerprint density at radius 1 is 0.797 bits per heavy atom. The van der Waals surface area contributed by atoms with E-state index in [0.29, 0.717) is 17.4 Å². The number of imidazole rings is 2. The molecule has 4 aliphatic rings. The summed E-state index contributed by atoms with van der Waals surface area (Å²) in [7, 11) is 2.59. The first-order valence-electron chi connectivity index (χ1n) is 22.1. The third-order valence-electron chi connectivity index (χ3n) is 14.0. The Hall–Kier alpha value is -6.96. The fourth-order valence-corrected chi connectivity index (χ4v) is 10.9. The molecule has 64 heavy (non-hydrogen) atoms. The highest BCUT2D eigenvalue weighted by atomic mass is 16.5. The maximum Gasteiger partial charge on any atom is 0.407 e. The van der Waals surface area contributed by atoms with Crippen LogP contribution >= 0.6 is 0 Å². The van der Waals surface area contributed by atoms with Gasteiger partial charge >= 0.3 is 12.2 Å². The van der Waals surface area contributed by atoms with Crippen LogP contribution in [0.5, 0.6) is 0 Å². The lowest BCUT2D eigenvalue weighted by Gasteiger charge is -2.36. The second-order valence-corrected chi connectivity index (χ2v) is 18.0. The van der Waals surface area contributed by atoms with E-state index in [9.17, 15) is 19.2 Å². The number of H-pyrrole nitrogens is 2. The minimum absolute atomic E-state index is 0.0702. The summed E-state index contributed by atoms with van der Waals surface area (Å²) in [4.78, 5) is 74.1. The smallest absolute Gasteiger partial charge is 0.407 e. The lowest BCUT2D eigenvalue weighted by atomic mass is 9.96. The van der Waals surface area contributed by atoms with Gasteiger partial charge < -0.3 is 39.9 Å². The number of carbonyl (C=O) groups is 4. The summed E-state index contributed by atoms with van der Waals surface area (Å²) >= 11 is 0. The van der Waals surface area contributed by atoms with E-state index in [0.717, 1.165) is 87.1 Å². The van der Waals surface area contributed by atoms with Crippen LogP contribution in [0.25, 0.3) is 44.2 Å². The van der Waals surface area contributed by atoms with Gasteiger partial charge in [0, 0.05) is 17.5 Å². The van der Waals surface area contributed by atoms with Gasteiger partial charge in [0.15, 0.2) is 0 Å². The first kappa shape index (κ1) is 41.1.